The normalized spacial score (nSPS) is 14.4. The first-order valence-electron chi connectivity index (χ1n) is 8.02. The molecule has 0 N–H and O–H groups in total. The molecule has 6 nitrogen and oxygen atoms in total. The van der Waals surface area contributed by atoms with Gasteiger partial charge >= 0.3 is 0 Å². The molecule has 0 spiro atoms. The SMILES string of the molecule is C[C@@H](Sc1nnc(-c2cccnc2)o1)C(=O)N1CCc2ccccc21. The van der Waals surface area contributed by atoms with Crippen LogP contribution < -0.4 is 4.90 Å². The van der Waals surface area contributed by atoms with E-state index >= 15 is 0 Å². The van der Waals surface area contributed by atoms with Crippen LogP contribution in [0.15, 0.2) is 58.4 Å². The lowest BCUT2D eigenvalue weighted by Gasteiger charge is -2.20. The number of anilines is 1. The van der Waals surface area contributed by atoms with Gasteiger partial charge in [0, 0.05) is 24.6 Å². The number of aromatic nitrogens is 3. The van der Waals surface area contributed by atoms with Gasteiger partial charge in [0.05, 0.1) is 10.8 Å². The number of hydrogen-bond acceptors (Lipinski definition) is 6. The lowest BCUT2D eigenvalue weighted by Crippen LogP contribution is -2.35. The molecule has 0 fully saturated rings. The first-order chi connectivity index (χ1) is 12.2. The van der Waals surface area contributed by atoms with Gasteiger partial charge in [-0.2, -0.15) is 0 Å². The Morgan fingerprint density at radius 3 is 2.96 bits per heavy atom. The highest BCUT2D eigenvalue weighted by atomic mass is 32.2. The Balaban J connectivity index is 1.47. The molecule has 0 bridgehead atoms. The monoisotopic (exact) mass is 352 g/mol. The smallest absolute Gasteiger partial charge is 0.277 e. The van der Waals surface area contributed by atoms with Crippen molar-refractivity contribution in [3.63, 3.8) is 0 Å². The van der Waals surface area contributed by atoms with Gasteiger partial charge in [-0.05, 0) is 37.1 Å². The highest BCUT2D eigenvalue weighted by Crippen LogP contribution is 2.32. The van der Waals surface area contributed by atoms with Crippen LogP contribution in [0.4, 0.5) is 5.69 Å². The second-order valence-corrected chi connectivity index (χ2v) is 7.04. The summed E-state index contributed by atoms with van der Waals surface area (Å²) in [4.78, 5) is 18.7. The predicted molar refractivity (Wildman–Crippen MR) is 95.3 cm³/mol. The molecule has 2 aromatic heterocycles. The minimum Gasteiger partial charge on any atom is -0.411 e. The summed E-state index contributed by atoms with van der Waals surface area (Å²) in [6.07, 6.45) is 4.24. The zero-order chi connectivity index (χ0) is 17.2. The maximum absolute atomic E-state index is 12.8. The van der Waals surface area contributed by atoms with Crippen LogP contribution in [0.2, 0.25) is 0 Å². The molecule has 0 saturated heterocycles. The number of thioether (sulfide) groups is 1. The molecule has 1 atom stereocenters. The molecule has 25 heavy (non-hydrogen) atoms. The maximum atomic E-state index is 12.8. The molecular weight excluding hydrogens is 336 g/mol. The summed E-state index contributed by atoms with van der Waals surface area (Å²) >= 11 is 1.28. The second-order valence-electron chi connectivity index (χ2n) is 5.74. The van der Waals surface area contributed by atoms with Crippen molar-refractivity contribution >= 4 is 23.4 Å². The van der Waals surface area contributed by atoms with Crippen LogP contribution in [-0.2, 0) is 11.2 Å². The number of carbonyl (C=O) groups is 1. The molecule has 7 heteroatoms. The van der Waals surface area contributed by atoms with E-state index in [2.05, 4.69) is 21.2 Å². The average molecular weight is 352 g/mol. The van der Waals surface area contributed by atoms with Gasteiger partial charge < -0.3 is 9.32 Å². The summed E-state index contributed by atoms with van der Waals surface area (Å²) in [5, 5.41) is 8.13. The van der Waals surface area contributed by atoms with Gasteiger partial charge in [0.15, 0.2) is 0 Å². The first kappa shape index (κ1) is 15.8. The molecule has 4 rings (SSSR count). The molecule has 1 aliphatic heterocycles. The Bertz CT molecular complexity index is 897. The lowest BCUT2D eigenvalue weighted by atomic mass is 10.2. The molecule has 0 saturated carbocycles. The van der Waals surface area contributed by atoms with Crippen molar-refractivity contribution in [3.8, 4) is 11.5 Å². The van der Waals surface area contributed by atoms with Gasteiger partial charge in [0.1, 0.15) is 0 Å². The number of hydrogen-bond donors (Lipinski definition) is 0. The Kier molecular flexibility index (Phi) is 4.23. The summed E-state index contributed by atoms with van der Waals surface area (Å²) in [5.74, 6) is 0.456. The van der Waals surface area contributed by atoms with E-state index in [4.69, 9.17) is 4.42 Å². The van der Waals surface area contributed by atoms with Gasteiger partial charge in [0.25, 0.3) is 5.22 Å². The van der Waals surface area contributed by atoms with E-state index in [1.54, 1.807) is 12.4 Å². The van der Waals surface area contributed by atoms with Crippen molar-refractivity contribution in [1.82, 2.24) is 15.2 Å². The van der Waals surface area contributed by atoms with Gasteiger partial charge in [-0.1, -0.05) is 30.0 Å². The summed E-state index contributed by atoms with van der Waals surface area (Å²) in [5.41, 5.74) is 2.97. The van der Waals surface area contributed by atoms with Gasteiger partial charge in [-0.3, -0.25) is 9.78 Å². The lowest BCUT2D eigenvalue weighted by molar-refractivity contribution is -0.117. The molecule has 126 valence electrons. The number of benzene rings is 1. The third kappa shape index (κ3) is 3.15. The minimum atomic E-state index is -0.312. The molecular formula is C18H16N4O2S. The Morgan fingerprint density at radius 2 is 2.12 bits per heavy atom. The fraction of sp³-hybridized carbons (Fsp3) is 0.222. The molecule has 1 aromatic carbocycles. The Hall–Kier alpha value is -2.67. The van der Waals surface area contributed by atoms with E-state index in [1.165, 1.54) is 17.3 Å². The van der Waals surface area contributed by atoms with Gasteiger partial charge in [-0.25, -0.2) is 0 Å². The molecule has 0 unspecified atom stereocenters. The highest BCUT2D eigenvalue weighted by molar-refractivity contribution is 8.00. The second kappa shape index (κ2) is 6.68. The summed E-state index contributed by atoms with van der Waals surface area (Å²) < 4.78 is 5.65. The third-order valence-electron chi connectivity index (χ3n) is 4.09. The van der Waals surface area contributed by atoms with Crippen molar-refractivity contribution in [2.24, 2.45) is 0 Å². The zero-order valence-electron chi connectivity index (χ0n) is 13.6. The average Bonchev–Trinajstić information content (AvgIpc) is 3.29. The van der Waals surface area contributed by atoms with Crippen molar-refractivity contribution in [3.05, 3.63) is 54.4 Å². The van der Waals surface area contributed by atoms with E-state index in [9.17, 15) is 4.79 Å². The van der Waals surface area contributed by atoms with E-state index in [0.717, 1.165) is 17.7 Å². The minimum absolute atomic E-state index is 0.0519. The number of rotatable bonds is 4. The third-order valence-corrected chi connectivity index (χ3v) is 5.02. The number of carbonyl (C=O) groups excluding carboxylic acids is 1. The van der Waals surface area contributed by atoms with Crippen molar-refractivity contribution in [2.75, 3.05) is 11.4 Å². The number of fused-ring (bicyclic) bond motifs is 1. The number of para-hydroxylation sites is 1. The molecule has 1 aliphatic rings. The van der Waals surface area contributed by atoms with Crippen molar-refractivity contribution in [2.45, 2.75) is 23.8 Å². The van der Waals surface area contributed by atoms with Crippen LogP contribution in [0, 0.1) is 0 Å². The fourth-order valence-electron chi connectivity index (χ4n) is 2.85. The fourth-order valence-corrected chi connectivity index (χ4v) is 3.60. The van der Waals surface area contributed by atoms with E-state index in [-0.39, 0.29) is 11.2 Å². The maximum Gasteiger partial charge on any atom is 0.277 e. The summed E-state index contributed by atoms with van der Waals surface area (Å²) in [6.45, 7) is 2.58. The van der Waals surface area contributed by atoms with Gasteiger partial charge in [0.2, 0.25) is 11.8 Å². The van der Waals surface area contributed by atoms with Gasteiger partial charge in [-0.15, -0.1) is 10.2 Å². The number of pyridine rings is 1. The van der Waals surface area contributed by atoms with Crippen LogP contribution in [-0.4, -0.2) is 32.9 Å². The van der Waals surface area contributed by atoms with Crippen LogP contribution in [0.25, 0.3) is 11.5 Å². The van der Waals surface area contributed by atoms with Crippen LogP contribution in [0.5, 0.6) is 0 Å². The van der Waals surface area contributed by atoms with Crippen LogP contribution >= 0.6 is 11.8 Å². The molecule has 3 heterocycles. The standard InChI is InChI=1S/C18H16N4O2S/c1-12(17(23)22-10-8-13-5-2-3-7-15(13)22)25-18-21-20-16(24-18)14-6-4-9-19-11-14/h2-7,9,11-12H,8,10H2,1H3/t12-/m1/s1. The largest absolute Gasteiger partial charge is 0.411 e. The van der Waals surface area contributed by atoms with E-state index < -0.39 is 0 Å². The number of nitrogens with zero attached hydrogens (tertiary/aromatic N) is 4. The zero-order valence-corrected chi connectivity index (χ0v) is 14.4. The quantitative estimate of drug-likeness (QED) is 0.672. The summed E-state index contributed by atoms with van der Waals surface area (Å²) in [6, 6.07) is 11.7. The molecule has 1 amide bonds. The molecule has 0 radical (unpaired) electrons. The highest BCUT2D eigenvalue weighted by Gasteiger charge is 2.29. The van der Waals surface area contributed by atoms with Crippen LogP contribution in [0.3, 0.4) is 0 Å². The molecule has 3 aromatic rings. The molecule has 0 aliphatic carbocycles. The Labute approximate surface area is 149 Å². The predicted octanol–water partition coefficient (Wildman–Crippen LogP) is 3.20. The van der Waals surface area contributed by atoms with Crippen LogP contribution in [0.1, 0.15) is 12.5 Å². The first-order valence-corrected chi connectivity index (χ1v) is 8.90. The van der Waals surface area contributed by atoms with E-state index in [0.29, 0.717) is 17.7 Å². The Morgan fingerprint density at radius 1 is 1.24 bits per heavy atom. The van der Waals surface area contributed by atoms with Crippen molar-refractivity contribution in [1.29, 1.82) is 0 Å². The van der Waals surface area contributed by atoms with Crippen molar-refractivity contribution < 1.29 is 9.21 Å². The topological polar surface area (TPSA) is 72.1 Å². The summed E-state index contributed by atoms with van der Waals surface area (Å²) in [7, 11) is 0. The number of amides is 1. The van der Waals surface area contributed by atoms with E-state index in [1.807, 2.05) is 42.2 Å².